The summed E-state index contributed by atoms with van der Waals surface area (Å²) >= 11 is 0. The Morgan fingerprint density at radius 2 is 1.76 bits per heavy atom. The molecule has 0 amide bonds. The Morgan fingerprint density at radius 3 is 2.24 bits per heavy atom. The molecule has 1 aromatic carbocycles. The van der Waals surface area contributed by atoms with Gasteiger partial charge >= 0.3 is 0 Å². The highest BCUT2D eigenvalue weighted by atomic mass is 16.5. The van der Waals surface area contributed by atoms with Crippen molar-refractivity contribution in [2.45, 2.75) is 66.0 Å². The molecule has 118 valence electrons. The Morgan fingerprint density at radius 1 is 1.14 bits per heavy atom. The van der Waals surface area contributed by atoms with Gasteiger partial charge in [-0.2, -0.15) is 0 Å². The third kappa shape index (κ3) is 3.79. The molecule has 2 heteroatoms. The van der Waals surface area contributed by atoms with Gasteiger partial charge in [0.05, 0.1) is 6.10 Å². The third-order valence-electron chi connectivity index (χ3n) is 4.73. The molecule has 1 aliphatic rings. The summed E-state index contributed by atoms with van der Waals surface area (Å²) in [5.74, 6) is 1.20. The fraction of sp³-hybridized carbons (Fsp3) is 0.684. The van der Waals surface area contributed by atoms with E-state index in [0.717, 1.165) is 13.0 Å². The minimum absolute atomic E-state index is 0.200. The van der Waals surface area contributed by atoms with E-state index in [2.05, 4.69) is 71.1 Å². The highest BCUT2D eigenvalue weighted by Gasteiger charge is 2.49. The Bertz CT molecular complexity index is 447. The van der Waals surface area contributed by atoms with Gasteiger partial charge in [0.25, 0.3) is 0 Å². The molecule has 1 aromatic rings. The molecule has 21 heavy (non-hydrogen) atoms. The topological polar surface area (TPSA) is 21.3 Å². The van der Waals surface area contributed by atoms with Crippen molar-refractivity contribution in [3.8, 4) is 0 Å². The van der Waals surface area contributed by atoms with Crippen LogP contribution in [0.15, 0.2) is 24.3 Å². The summed E-state index contributed by atoms with van der Waals surface area (Å²) < 4.78 is 6.03. The quantitative estimate of drug-likeness (QED) is 0.790. The van der Waals surface area contributed by atoms with Gasteiger partial charge in [0.2, 0.25) is 0 Å². The maximum atomic E-state index is 6.03. The second-order valence-corrected chi connectivity index (χ2v) is 7.75. The molecule has 2 unspecified atom stereocenters. The lowest BCUT2D eigenvalue weighted by Gasteiger charge is -2.52. The van der Waals surface area contributed by atoms with E-state index < -0.39 is 0 Å². The van der Waals surface area contributed by atoms with E-state index >= 15 is 0 Å². The fourth-order valence-corrected chi connectivity index (χ4v) is 2.89. The first-order valence-electron chi connectivity index (χ1n) is 8.28. The van der Waals surface area contributed by atoms with Crippen molar-refractivity contribution in [1.29, 1.82) is 0 Å². The summed E-state index contributed by atoms with van der Waals surface area (Å²) in [6, 6.07) is 9.36. The van der Waals surface area contributed by atoms with Crippen LogP contribution in [0.1, 0.15) is 59.4 Å². The first-order valence-corrected chi connectivity index (χ1v) is 8.28. The Labute approximate surface area is 130 Å². The van der Waals surface area contributed by atoms with Gasteiger partial charge in [-0.3, -0.25) is 0 Å². The maximum absolute atomic E-state index is 6.03. The zero-order valence-electron chi connectivity index (χ0n) is 14.4. The van der Waals surface area contributed by atoms with Crippen molar-refractivity contribution in [1.82, 2.24) is 0 Å². The number of benzene rings is 1. The molecule has 1 aliphatic carbocycles. The molecule has 2 atom stereocenters. The van der Waals surface area contributed by atoms with Crippen LogP contribution >= 0.6 is 0 Å². The average molecular weight is 289 g/mol. The molecule has 0 bridgehead atoms. The summed E-state index contributed by atoms with van der Waals surface area (Å²) in [5.41, 5.74) is 2.82. The van der Waals surface area contributed by atoms with E-state index in [9.17, 15) is 0 Å². The van der Waals surface area contributed by atoms with Crippen LogP contribution in [0.2, 0.25) is 0 Å². The first-order chi connectivity index (χ1) is 9.80. The Kier molecular flexibility index (Phi) is 4.98. The first kappa shape index (κ1) is 16.4. The molecule has 1 N–H and O–H groups in total. The minimum atomic E-state index is 0.200. The molecule has 0 heterocycles. The van der Waals surface area contributed by atoms with E-state index in [0.29, 0.717) is 24.0 Å². The molecule has 1 saturated carbocycles. The molecular formula is C19H31NO. The van der Waals surface area contributed by atoms with Crippen molar-refractivity contribution in [3.63, 3.8) is 0 Å². The third-order valence-corrected chi connectivity index (χ3v) is 4.73. The zero-order chi connectivity index (χ0) is 15.6. The van der Waals surface area contributed by atoms with Gasteiger partial charge in [0.1, 0.15) is 0 Å². The summed E-state index contributed by atoms with van der Waals surface area (Å²) in [6.07, 6.45) is 1.48. The average Bonchev–Trinajstić information content (AvgIpc) is 2.42. The van der Waals surface area contributed by atoms with Gasteiger partial charge in [-0.25, -0.2) is 0 Å². The zero-order valence-corrected chi connectivity index (χ0v) is 14.4. The van der Waals surface area contributed by atoms with Crippen molar-refractivity contribution < 1.29 is 4.74 Å². The molecule has 2 rings (SSSR count). The van der Waals surface area contributed by atoms with E-state index in [-0.39, 0.29) is 5.41 Å². The number of nitrogens with one attached hydrogen (secondary N) is 1. The van der Waals surface area contributed by atoms with Crippen LogP contribution in [0.3, 0.4) is 0 Å². The number of hydrogen-bond donors (Lipinski definition) is 1. The lowest BCUT2D eigenvalue weighted by Crippen LogP contribution is -2.58. The summed E-state index contributed by atoms with van der Waals surface area (Å²) in [5, 5.41) is 3.67. The normalized spacial score (nSPS) is 24.2. The van der Waals surface area contributed by atoms with Gasteiger partial charge < -0.3 is 10.1 Å². The SMILES string of the molecule is CC(C)COC1CC(Nc2ccc(C(C)C)cc2)C1(C)C. The monoisotopic (exact) mass is 289 g/mol. The number of anilines is 1. The molecule has 0 saturated heterocycles. The lowest BCUT2D eigenvalue weighted by molar-refractivity contribution is -0.108. The van der Waals surface area contributed by atoms with Crippen molar-refractivity contribution in [2.75, 3.05) is 11.9 Å². The minimum Gasteiger partial charge on any atom is -0.382 e. The van der Waals surface area contributed by atoms with Gasteiger partial charge in [-0.1, -0.05) is 53.7 Å². The molecule has 0 spiro atoms. The molecule has 1 fully saturated rings. The van der Waals surface area contributed by atoms with Crippen molar-refractivity contribution in [2.24, 2.45) is 11.3 Å². The fourth-order valence-electron chi connectivity index (χ4n) is 2.89. The molecule has 0 aromatic heterocycles. The van der Waals surface area contributed by atoms with Crippen LogP contribution in [0.25, 0.3) is 0 Å². The highest BCUT2D eigenvalue weighted by molar-refractivity contribution is 5.47. The van der Waals surface area contributed by atoms with E-state index in [1.165, 1.54) is 11.3 Å². The van der Waals surface area contributed by atoms with E-state index in [1.807, 2.05) is 0 Å². The predicted octanol–water partition coefficient (Wildman–Crippen LogP) is 5.06. The number of ether oxygens (including phenoxy) is 1. The lowest BCUT2D eigenvalue weighted by atomic mass is 9.64. The molecule has 0 radical (unpaired) electrons. The van der Waals surface area contributed by atoms with Gasteiger partial charge in [0.15, 0.2) is 0 Å². The number of rotatable bonds is 6. The second kappa shape index (κ2) is 6.39. The second-order valence-electron chi connectivity index (χ2n) is 7.75. The van der Waals surface area contributed by atoms with Gasteiger partial charge in [-0.15, -0.1) is 0 Å². The molecule has 2 nitrogen and oxygen atoms in total. The van der Waals surface area contributed by atoms with Crippen LogP contribution in [0, 0.1) is 11.3 Å². The van der Waals surface area contributed by atoms with E-state index in [1.54, 1.807) is 0 Å². The summed E-state index contributed by atoms with van der Waals surface area (Å²) in [7, 11) is 0. The van der Waals surface area contributed by atoms with Crippen molar-refractivity contribution >= 4 is 5.69 Å². The number of hydrogen-bond acceptors (Lipinski definition) is 2. The van der Waals surface area contributed by atoms with Gasteiger partial charge in [-0.05, 0) is 36.0 Å². The van der Waals surface area contributed by atoms with Crippen LogP contribution in [-0.4, -0.2) is 18.8 Å². The molecular weight excluding hydrogens is 258 g/mol. The largest absolute Gasteiger partial charge is 0.382 e. The van der Waals surface area contributed by atoms with Crippen LogP contribution < -0.4 is 5.32 Å². The van der Waals surface area contributed by atoms with Gasteiger partial charge in [0, 0.05) is 23.8 Å². The maximum Gasteiger partial charge on any atom is 0.0665 e. The van der Waals surface area contributed by atoms with Crippen LogP contribution in [0.5, 0.6) is 0 Å². The van der Waals surface area contributed by atoms with E-state index in [4.69, 9.17) is 4.74 Å². The summed E-state index contributed by atoms with van der Waals surface area (Å²) in [6.45, 7) is 14.4. The smallest absolute Gasteiger partial charge is 0.0665 e. The Balaban J connectivity index is 1.90. The Hall–Kier alpha value is -1.02. The van der Waals surface area contributed by atoms with Crippen LogP contribution in [-0.2, 0) is 4.74 Å². The van der Waals surface area contributed by atoms with Crippen molar-refractivity contribution in [3.05, 3.63) is 29.8 Å². The standard InChI is InChI=1S/C19H31NO/c1-13(2)12-21-18-11-17(19(18,5)6)20-16-9-7-15(8-10-16)14(3)4/h7-10,13-14,17-18,20H,11-12H2,1-6H3. The van der Waals surface area contributed by atoms with Crippen LogP contribution in [0.4, 0.5) is 5.69 Å². The summed E-state index contributed by atoms with van der Waals surface area (Å²) in [4.78, 5) is 0. The molecule has 0 aliphatic heterocycles. The highest BCUT2D eigenvalue weighted by Crippen LogP contribution is 2.44. The predicted molar refractivity (Wildman–Crippen MR) is 90.9 cm³/mol.